The van der Waals surface area contributed by atoms with Gasteiger partial charge in [0.15, 0.2) is 0 Å². The third kappa shape index (κ3) is 10.1. The number of aliphatic hydroxyl groups excluding tert-OH is 4. The fourth-order valence-electron chi connectivity index (χ4n) is 4.39. The Morgan fingerprint density at radius 1 is 1.06 bits per heavy atom. The van der Waals surface area contributed by atoms with Gasteiger partial charge in [-0.05, 0) is 61.6 Å². The van der Waals surface area contributed by atoms with Crippen LogP contribution in [0.2, 0.25) is 0 Å². The second-order valence-electron chi connectivity index (χ2n) is 8.95. The summed E-state index contributed by atoms with van der Waals surface area (Å²) >= 11 is 0. The third-order valence-corrected chi connectivity index (χ3v) is 6.28. The highest BCUT2D eigenvalue weighted by Gasteiger charge is 2.40. The van der Waals surface area contributed by atoms with E-state index in [4.69, 9.17) is 9.84 Å². The third-order valence-electron chi connectivity index (χ3n) is 6.28. The van der Waals surface area contributed by atoms with Crippen LogP contribution in [0, 0.1) is 23.7 Å². The Labute approximate surface area is 197 Å². The lowest BCUT2D eigenvalue weighted by Gasteiger charge is -2.24. The zero-order valence-electron chi connectivity index (χ0n) is 19.4. The average molecular weight is 459 g/mol. The molecule has 0 aliphatic heterocycles. The SMILES string of the molecule is C=C(CO)COC(=O)CCCCCC[C@@H]1[C@@H](CC[C@@H](O)C#Cc2ccccc2)[C@H](O)C[C@@H]1O. The number of carbonyl (C=O) groups is 1. The molecule has 2 rings (SSSR count). The molecule has 5 atom stereocenters. The van der Waals surface area contributed by atoms with Gasteiger partial charge < -0.3 is 25.2 Å². The number of esters is 1. The van der Waals surface area contributed by atoms with Crippen LogP contribution in [0.4, 0.5) is 0 Å². The molecule has 1 saturated carbocycles. The second kappa shape index (κ2) is 14.9. The summed E-state index contributed by atoms with van der Waals surface area (Å²) in [6.45, 7) is 3.46. The van der Waals surface area contributed by atoms with E-state index in [1.54, 1.807) is 0 Å². The standard InChI is InChI=1S/C27H38O6/c1-20(18-28)19-33-27(32)12-8-3-2-7-11-23-24(26(31)17-25(23)30)16-15-22(29)14-13-21-9-5-4-6-10-21/h4-6,9-10,22-26,28-31H,1-3,7-8,11-12,15-19H2/t22-,23+,24+,25-,26+/m0/s1. The van der Waals surface area contributed by atoms with Gasteiger partial charge in [-0.1, -0.05) is 55.9 Å². The molecule has 6 heteroatoms. The maximum absolute atomic E-state index is 11.6. The molecule has 1 aromatic rings. The number of carbonyl (C=O) groups excluding carboxylic acids is 1. The number of ether oxygens (including phenoxy) is 1. The van der Waals surface area contributed by atoms with Crippen LogP contribution in [-0.2, 0) is 9.53 Å². The molecule has 0 spiro atoms. The molecule has 0 aromatic heterocycles. The molecule has 182 valence electrons. The zero-order chi connectivity index (χ0) is 24.1. The van der Waals surface area contributed by atoms with E-state index in [-0.39, 0.29) is 31.0 Å². The van der Waals surface area contributed by atoms with Crippen molar-refractivity contribution in [2.45, 2.75) is 76.1 Å². The normalized spacial score (nSPS) is 22.9. The van der Waals surface area contributed by atoms with Gasteiger partial charge in [0, 0.05) is 12.0 Å². The molecule has 0 heterocycles. The zero-order valence-corrected chi connectivity index (χ0v) is 19.4. The minimum atomic E-state index is -0.759. The first-order chi connectivity index (χ1) is 15.9. The number of benzene rings is 1. The van der Waals surface area contributed by atoms with Crippen molar-refractivity contribution in [3.63, 3.8) is 0 Å². The first kappa shape index (κ1) is 27.1. The van der Waals surface area contributed by atoms with Gasteiger partial charge in [-0.2, -0.15) is 0 Å². The first-order valence-corrected chi connectivity index (χ1v) is 11.9. The molecule has 4 N–H and O–H groups in total. The fraction of sp³-hybridized carbons (Fsp3) is 0.593. The minimum Gasteiger partial charge on any atom is -0.461 e. The Balaban J connectivity index is 1.67. The van der Waals surface area contributed by atoms with E-state index in [2.05, 4.69) is 18.4 Å². The van der Waals surface area contributed by atoms with Crippen molar-refractivity contribution >= 4 is 5.97 Å². The van der Waals surface area contributed by atoms with Crippen molar-refractivity contribution in [3.8, 4) is 11.8 Å². The van der Waals surface area contributed by atoms with Gasteiger partial charge in [0.25, 0.3) is 0 Å². The fourth-order valence-corrected chi connectivity index (χ4v) is 4.39. The van der Waals surface area contributed by atoms with Crippen molar-refractivity contribution in [1.82, 2.24) is 0 Å². The Morgan fingerprint density at radius 3 is 2.42 bits per heavy atom. The number of hydrogen-bond acceptors (Lipinski definition) is 6. The van der Waals surface area contributed by atoms with Crippen LogP contribution in [0.25, 0.3) is 0 Å². The predicted octanol–water partition coefficient (Wildman–Crippen LogP) is 2.97. The molecule has 1 fully saturated rings. The summed E-state index contributed by atoms with van der Waals surface area (Å²) in [6, 6.07) is 9.51. The quantitative estimate of drug-likeness (QED) is 0.157. The molecule has 1 aromatic carbocycles. The van der Waals surface area contributed by atoms with Crippen LogP contribution < -0.4 is 0 Å². The molecule has 1 aliphatic rings. The van der Waals surface area contributed by atoms with Crippen LogP contribution in [0.5, 0.6) is 0 Å². The molecular formula is C27H38O6. The minimum absolute atomic E-state index is 0.0174. The molecule has 0 amide bonds. The summed E-state index contributed by atoms with van der Waals surface area (Å²) in [5.41, 5.74) is 1.33. The average Bonchev–Trinajstić information content (AvgIpc) is 3.09. The van der Waals surface area contributed by atoms with Crippen LogP contribution >= 0.6 is 0 Å². The molecule has 0 saturated heterocycles. The first-order valence-electron chi connectivity index (χ1n) is 11.9. The number of hydrogen-bond donors (Lipinski definition) is 4. The molecule has 0 bridgehead atoms. The molecule has 0 unspecified atom stereocenters. The highest BCUT2D eigenvalue weighted by Crippen LogP contribution is 2.39. The number of aliphatic hydroxyl groups is 4. The smallest absolute Gasteiger partial charge is 0.306 e. The van der Waals surface area contributed by atoms with Gasteiger partial charge in [0.1, 0.15) is 12.7 Å². The van der Waals surface area contributed by atoms with Crippen LogP contribution in [0.1, 0.15) is 63.4 Å². The van der Waals surface area contributed by atoms with Crippen molar-refractivity contribution in [2.24, 2.45) is 11.8 Å². The molecule has 6 nitrogen and oxygen atoms in total. The molecule has 33 heavy (non-hydrogen) atoms. The molecule has 0 radical (unpaired) electrons. The maximum Gasteiger partial charge on any atom is 0.306 e. The lowest BCUT2D eigenvalue weighted by molar-refractivity contribution is -0.142. The topological polar surface area (TPSA) is 107 Å². The van der Waals surface area contributed by atoms with E-state index in [9.17, 15) is 20.1 Å². The Morgan fingerprint density at radius 2 is 1.73 bits per heavy atom. The van der Waals surface area contributed by atoms with Crippen molar-refractivity contribution in [2.75, 3.05) is 13.2 Å². The second-order valence-corrected chi connectivity index (χ2v) is 8.95. The van der Waals surface area contributed by atoms with Gasteiger partial charge in [-0.15, -0.1) is 0 Å². The monoisotopic (exact) mass is 458 g/mol. The van der Waals surface area contributed by atoms with E-state index in [0.717, 1.165) is 37.7 Å². The van der Waals surface area contributed by atoms with Gasteiger partial charge >= 0.3 is 5.97 Å². The predicted molar refractivity (Wildman–Crippen MR) is 127 cm³/mol. The molecular weight excluding hydrogens is 420 g/mol. The van der Waals surface area contributed by atoms with E-state index in [0.29, 0.717) is 31.3 Å². The van der Waals surface area contributed by atoms with Gasteiger partial charge in [0.05, 0.1) is 18.8 Å². The van der Waals surface area contributed by atoms with E-state index in [1.165, 1.54) is 0 Å². The Bertz CT molecular complexity index is 781. The summed E-state index contributed by atoms with van der Waals surface area (Å²) in [5.74, 6) is 5.53. The van der Waals surface area contributed by atoms with E-state index in [1.807, 2.05) is 30.3 Å². The summed E-state index contributed by atoms with van der Waals surface area (Å²) in [5, 5.41) is 39.9. The summed E-state index contributed by atoms with van der Waals surface area (Å²) in [6.07, 6.45) is 4.27. The van der Waals surface area contributed by atoms with E-state index < -0.39 is 18.3 Å². The van der Waals surface area contributed by atoms with Crippen molar-refractivity contribution in [3.05, 3.63) is 48.0 Å². The number of unbranched alkanes of at least 4 members (excludes halogenated alkanes) is 3. The Kier molecular flexibility index (Phi) is 12.2. The van der Waals surface area contributed by atoms with Gasteiger partial charge in [-0.25, -0.2) is 0 Å². The number of rotatable bonds is 13. The van der Waals surface area contributed by atoms with Crippen molar-refractivity contribution < 1.29 is 30.0 Å². The lowest BCUT2D eigenvalue weighted by atomic mass is 9.85. The Hall–Kier alpha value is -2.17. The molecule has 1 aliphatic carbocycles. The van der Waals surface area contributed by atoms with Gasteiger partial charge in [-0.3, -0.25) is 4.79 Å². The summed E-state index contributed by atoms with van der Waals surface area (Å²) in [7, 11) is 0. The lowest BCUT2D eigenvalue weighted by Crippen LogP contribution is -2.23. The highest BCUT2D eigenvalue weighted by molar-refractivity contribution is 5.69. The van der Waals surface area contributed by atoms with Crippen LogP contribution in [0.3, 0.4) is 0 Å². The summed E-state index contributed by atoms with van der Waals surface area (Å²) in [4.78, 5) is 11.6. The van der Waals surface area contributed by atoms with Crippen LogP contribution in [-0.4, -0.2) is 57.9 Å². The van der Waals surface area contributed by atoms with Crippen molar-refractivity contribution in [1.29, 1.82) is 0 Å². The largest absolute Gasteiger partial charge is 0.461 e. The highest BCUT2D eigenvalue weighted by atomic mass is 16.5. The van der Waals surface area contributed by atoms with Gasteiger partial charge in [0.2, 0.25) is 0 Å². The van der Waals surface area contributed by atoms with Crippen LogP contribution in [0.15, 0.2) is 42.5 Å². The van der Waals surface area contributed by atoms with E-state index >= 15 is 0 Å². The maximum atomic E-state index is 11.6. The summed E-state index contributed by atoms with van der Waals surface area (Å²) < 4.78 is 5.02.